The molecule has 0 amide bonds. The minimum absolute atomic E-state index is 0.249. The van der Waals surface area contributed by atoms with Crippen molar-refractivity contribution in [3.63, 3.8) is 0 Å². The molecular formula is C17H17N3O2S2. The van der Waals surface area contributed by atoms with E-state index in [-0.39, 0.29) is 10.9 Å². The first kappa shape index (κ1) is 15.7. The zero-order valence-electron chi connectivity index (χ0n) is 13.1. The van der Waals surface area contributed by atoms with Gasteiger partial charge >= 0.3 is 0 Å². The fourth-order valence-electron chi connectivity index (χ4n) is 2.83. The van der Waals surface area contributed by atoms with E-state index in [2.05, 4.69) is 14.7 Å². The van der Waals surface area contributed by atoms with Gasteiger partial charge in [0.25, 0.3) is 0 Å². The van der Waals surface area contributed by atoms with E-state index in [4.69, 9.17) is 0 Å². The normalized spacial score (nSPS) is 16.4. The van der Waals surface area contributed by atoms with Crippen molar-refractivity contribution in [1.82, 2.24) is 14.7 Å². The number of hydrogen-bond acceptors (Lipinski definition) is 5. The monoisotopic (exact) mass is 359 g/mol. The Kier molecular flexibility index (Phi) is 3.86. The van der Waals surface area contributed by atoms with Gasteiger partial charge in [0.1, 0.15) is 5.01 Å². The zero-order chi connectivity index (χ0) is 16.7. The molecular weight excluding hydrogens is 342 g/mol. The van der Waals surface area contributed by atoms with Crippen molar-refractivity contribution >= 4 is 32.3 Å². The van der Waals surface area contributed by atoms with Crippen LogP contribution in [0.5, 0.6) is 0 Å². The third kappa shape index (κ3) is 2.94. The van der Waals surface area contributed by atoms with Crippen LogP contribution in [0.3, 0.4) is 0 Å². The average molecular weight is 359 g/mol. The van der Waals surface area contributed by atoms with E-state index < -0.39 is 10.0 Å². The fourth-order valence-corrected chi connectivity index (χ4v) is 5.31. The highest BCUT2D eigenvalue weighted by molar-refractivity contribution is 7.89. The van der Waals surface area contributed by atoms with Gasteiger partial charge in [-0.2, -0.15) is 0 Å². The molecule has 124 valence electrons. The Morgan fingerprint density at radius 2 is 2.04 bits per heavy atom. The minimum Gasteiger partial charge on any atom is -0.256 e. The predicted octanol–water partition coefficient (Wildman–Crippen LogP) is 3.43. The van der Waals surface area contributed by atoms with Crippen LogP contribution in [0.25, 0.3) is 10.9 Å². The van der Waals surface area contributed by atoms with Gasteiger partial charge < -0.3 is 0 Å². The molecule has 3 aromatic rings. The molecule has 1 aromatic carbocycles. The molecule has 2 aromatic heterocycles. The van der Waals surface area contributed by atoms with Crippen molar-refractivity contribution in [3.05, 3.63) is 52.6 Å². The summed E-state index contributed by atoms with van der Waals surface area (Å²) >= 11 is 1.55. The Morgan fingerprint density at radius 1 is 1.21 bits per heavy atom. The largest absolute Gasteiger partial charge is 0.256 e. The van der Waals surface area contributed by atoms with Crippen molar-refractivity contribution in [2.75, 3.05) is 0 Å². The van der Waals surface area contributed by atoms with Crippen LogP contribution < -0.4 is 4.72 Å². The van der Waals surface area contributed by atoms with Crippen LogP contribution >= 0.6 is 11.3 Å². The molecule has 0 aliphatic heterocycles. The summed E-state index contributed by atoms with van der Waals surface area (Å²) < 4.78 is 28.9. The second kappa shape index (κ2) is 5.91. The molecule has 4 rings (SSSR count). The fraction of sp³-hybridized carbons (Fsp3) is 0.294. The maximum Gasteiger partial charge on any atom is 0.241 e. The topological polar surface area (TPSA) is 72.0 Å². The van der Waals surface area contributed by atoms with Gasteiger partial charge in [-0.25, -0.2) is 18.1 Å². The van der Waals surface area contributed by atoms with Crippen molar-refractivity contribution in [3.8, 4) is 0 Å². The van der Waals surface area contributed by atoms with E-state index in [1.54, 1.807) is 48.0 Å². The standard InChI is InChI=1S/C17H17N3O2S2/c1-11-10-19-17(23-11)16(12-7-8-12)20-24(21,22)15-6-2-5-14-13(15)4-3-9-18-14/h2-6,9-10,12,16,20H,7-8H2,1H3/t16-/m0/s1. The van der Waals surface area contributed by atoms with E-state index in [0.29, 0.717) is 16.8 Å². The third-order valence-electron chi connectivity index (χ3n) is 4.18. The lowest BCUT2D eigenvalue weighted by Gasteiger charge is -2.17. The van der Waals surface area contributed by atoms with Crippen LogP contribution in [0.2, 0.25) is 0 Å². The number of sulfonamides is 1. The minimum atomic E-state index is -3.65. The summed E-state index contributed by atoms with van der Waals surface area (Å²) in [5.74, 6) is 0.332. The lowest BCUT2D eigenvalue weighted by molar-refractivity contribution is 0.528. The first-order chi connectivity index (χ1) is 11.5. The van der Waals surface area contributed by atoms with Gasteiger partial charge in [0, 0.05) is 22.7 Å². The highest BCUT2D eigenvalue weighted by atomic mass is 32.2. The van der Waals surface area contributed by atoms with Crippen LogP contribution in [0.1, 0.15) is 28.8 Å². The number of rotatable bonds is 5. The van der Waals surface area contributed by atoms with Crippen LogP contribution in [0.15, 0.2) is 47.6 Å². The van der Waals surface area contributed by atoms with Crippen molar-refractivity contribution in [2.24, 2.45) is 5.92 Å². The van der Waals surface area contributed by atoms with Crippen molar-refractivity contribution in [1.29, 1.82) is 0 Å². The van der Waals surface area contributed by atoms with Crippen LogP contribution in [0, 0.1) is 12.8 Å². The van der Waals surface area contributed by atoms with Gasteiger partial charge in [0.2, 0.25) is 10.0 Å². The van der Waals surface area contributed by atoms with E-state index in [1.165, 1.54) is 0 Å². The Balaban J connectivity index is 1.74. The quantitative estimate of drug-likeness (QED) is 0.757. The molecule has 7 heteroatoms. The summed E-state index contributed by atoms with van der Waals surface area (Å²) in [5.41, 5.74) is 0.674. The molecule has 1 saturated carbocycles. The van der Waals surface area contributed by atoms with Gasteiger partial charge in [0.15, 0.2) is 0 Å². The first-order valence-electron chi connectivity index (χ1n) is 7.83. The Morgan fingerprint density at radius 3 is 2.75 bits per heavy atom. The number of nitrogens with one attached hydrogen (secondary N) is 1. The maximum absolute atomic E-state index is 13.0. The van der Waals surface area contributed by atoms with Crippen LogP contribution in [-0.2, 0) is 10.0 Å². The number of aryl methyl sites for hydroxylation is 1. The molecule has 0 saturated heterocycles. The molecule has 1 aliphatic rings. The Labute approximate surface area is 144 Å². The summed E-state index contributed by atoms with van der Waals surface area (Å²) in [7, 11) is -3.65. The van der Waals surface area contributed by atoms with E-state index >= 15 is 0 Å². The van der Waals surface area contributed by atoms with Gasteiger partial charge in [0.05, 0.1) is 16.5 Å². The Bertz CT molecular complexity index is 988. The molecule has 2 heterocycles. The number of thiazole rings is 1. The third-order valence-corrected chi connectivity index (χ3v) is 6.67. The summed E-state index contributed by atoms with van der Waals surface area (Å²) in [5, 5.41) is 1.48. The lowest BCUT2D eigenvalue weighted by Crippen LogP contribution is -2.30. The summed E-state index contributed by atoms with van der Waals surface area (Å²) in [6, 6.07) is 8.46. The van der Waals surface area contributed by atoms with Gasteiger partial charge in [-0.1, -0.05) is 6.07 Å². The van der Waals surface area contributed by atoms with Crippen LogP contribution in [-0.4, -0.2) is 18.4 Å². The number of nitrogens with zero attached hydrogens (tertiary/aromatic N) is 2. The van der Waals surface area contributed by atoms with Gasteiger partial charge in [-0.3, -0.25) is 4.98 Å². The average Bonchev–Trinajstić information content (AvgIpc) is 3.33. The van der Waals surface area contributed by atoms with E-state index in [1.807, 2.05) is 13.0 Å². The Hall–Kier alpha value is -1.83. The zero-order valence-corrected chi connectivity index (χ0v) is 14.8. The molecule has 24 heavy (non-hydrogen) atoms. The van der Waals surface area contributed by atoms with Gasteiger partial charge in [-0.15, -0.1) is 11.3 Å². The molecule has 1 aliphatic carbocycles. The summed E-state index contributed by atoms with van der Waals surface area (Å²) in [4.78, 5) is 10.00. The molecule has 1 N–H and O–H groups in total. The lowest BCUT2D eigenvalue weighted by atomic mass is 10.2. The number of aromatic nitrogens is 2. The SMILES string of the molecule is Cc1cnc([C@@H](NS(=O)(=O)c2cccc3ncccc23)C2CC2)s1. The molecule has 0 radical (unpaired) electrons. The number of fused-ring (bicyclic) bond motifs is 1. The molecule has 0 bridgehead atoms. The smallest absolute Gasteiger partial charge is 0.241 e. The molecule has 5 nitrogen and oxygen atoms in total. The summed E-state index contributed by atoms with van der Waals surface area (Å²) in [6.07, 6.45) is 5.52. The maximum atomic E-state index is 13.0. The van der Waals surface area contributed by atoms with Crippen LogP contribution in [0.4, 0.5) is 0 Å². The van der Waals surface area contributed by atoms with E-state index in [9.17, 15) is 8.42 Å². The van der Waals surface area contributed by atoms with E-state index in [0.717, 1.165) is 22.7 Å². The number of pyridine rings is 1. The van der Waals surface area contributed by atoms with Crippen molar-refractivity contribution in [2.45, 2.75) is 30.7 Å². The molecule has 1 fully saturated rings. The second-order valence-corrected chi connectivity index (χ2v) is 9.02. The number of hydrogen-bond donors (Lipinski definition) is 1. The van der Waals surface area contributed by atoms with Crippen molar-refractivity contribution < 1.29 is 8.42 Å². The highest BCUT2D eigenvalue weighted by Gasteiger charge is 2.37. The number of benzene rings is 1. The highest BCUT2D eigenvalue weighted by Crippen LogP contribution is 2.43. The first-order valence-corrected chi connectivity index (χ1v) is 10.1. The molecule has 0 unspecified atom stereocenters. The molecule has 0 spiro atoms. The molecule has 1 atom stereocenters. The predicted molar refractivity (Wildman–Crippen MR) is 94.4 cm³/mol. The summed E-state index contributed by atoms with van der Waals surface area (Å²) in [6.45, 7) is 1.98. The van der Waals surface area contributed by atoms with Gasteiger partial charge in [-0.05, 0) is 49.9 Å². The second-order valence-electron chi connectivity index (χ2n) is 6.07.